The number of hydrogen-bond acceptors (Lipinski definition) is 3. The van der Waals surface area contributed by atoms with Gasteiger partial charge in [-0.25, -0.2) is 4.79 Å². The van der Waals surface area contributed by atoms with Crippen LogP contribution < -0.4 is 5.32 Å². The number of benzene rings is 1. The summed E-state index contributed by atoms with van der Waals surface area (Å²) in [6.45, 7) is 2.18. The van der Waals surface area contributed by atoms with Crippen molar-refractivity contribution in [3.05, 3.63) is 35.9 Å². The van der Waals surface area contributed by atoms with Crippen molar-refractivity contribution in [2.45, 2.75) is 18.9 Å². The van der Waals surface area contributed by atoms with Gasteiger partial charge in [0.05, 0.1) is 0 Å². The molecule has 1 aromatic carbocycles. The molecule has 102 valence electrons. The normalized spacial score (nSPS) is 17.1. The van der Waals surface area contributed by atoms with Crippen LogP contribution in [0.4, 0.5) is 0 Å². The van der Waals surface area contributed by atoms with E-state index >= 15 is 0 Å². The van der Waals surface area contributed by atoms with Gasteiger partial charge < -0.3 is 15.3 Å². The number of nitrogens with one attached hydrogen (secondary N) is 1. The number of hydrogen-bond donors (Lipinski definition) is 2. The average molecular weight is 262 g/mol. The van der Waals surface area contributed by atoms with E-state index in [9.17, 15) is 14.7 Å². The zero-order valence-corrected chi connectivity index (χ0v) is 10.7. The summed E-state index contributed by atoms with van der Waals surface area (Å²) in [7, 11) is 0. The molecule has 0 aromatic heterocycles. The largest absolute Gasteiger partial charge is 0.480 e. The third-order valence-corrected chi connectivity index (χ3v) is 3.28. The number of aliphatic carboxylic acids is 1. The first kappa shape index (κ1) is 13.5. The van der Waals surface area contributed by atoms with Crippen LogP contribution in [0.25, 0.3) is 0 Å². The van der Waals surface area contributed by atoms with E-state index < -0.39 is 12.0 Å². The van der Waals surface area contributed by atoms with Crippen LogP contribution in [0, 0.1) is 0 Å². The summed E-state index contributed by atoms with van der Waals surface area (Å²) in [6.07, 6.45) is 2.19. The second-order valence-corrected chi connectivity index (χ2v) is 4.74. The van der Waals surface area contributed by atoms with Crippen molar-refractivity contribution >= 4 is 11.9 Å². The van der Waals surface area contributed by atoms with E-state index in [0.717, 1.165) is 25.9 Å². The number of nitrogens with zero attached hydrogens (tertiary/aromatic N) is 1. The molecule has 5 nitrogen and oxygen atoms in total. The zero-order chi connectivity index (χ0) is 13.7. The van der Waals surface area contributed by atoms with E-state index in [-0.39, 0.29) is 5.91 Å². The van der Waals surface area contributed by atoms with Gasteiger partial charge in [-0.3, -0.25) is 4.79 Å². The number of amides is 1. The lowest BCUT2D eigenvalue weighted by Gasteiger charge is -2.21. The van der Waals surface area contributed by atoms with Crippen molar-refractivity contribution < 1.29 is 14.7 Å². The molecule has 1 aliphatic rings. The highest BCUT2D eigenvalue weighted by Crippen LogP contribution is 2.08. The minimum Gasteiger partial charge on any atom is -0.480 e. The number of rotatable bonds is 5. The predicted octanol–water partition coefficient (Wildman–Crippen LogP) is 0.965. The fourth-order valence-electron chi connectivity index (χ4n) is 2.24. The first-order valence-corrected chi connectivity index (χ1v) is 6.48. The Bertz CT molecular complexity index is 441. The number of carbonyl (C=O) groups is 2. The van der Waals surface area contributed by atoms with E-state index in [2.05, 4.69) is 10.2 Å². The predicted molar refractivity (Wildman–Crippen MR) is 71.0 cm³/mol. The molecule has 2 N–H and O–H groups in total. The summed E-state index contributed by atoms with van der Waals surface area (Å²) < 4.78 is 0. The maximum absolute atomic E-state index is 11.9. The summed E-state index contributed by atoms with van der Waals surface area (Å²) in [5.41, 5.74) is 0.482. The molecule has 2 rings (SSSR count). The van der Waals surface area contributed by atoms with Gasteiger partial charge in [-0.1, -0.05) is 18.2 Å². The van der Waals surface area contributed by atoms with E-state index in [4.69, 9.17) is 0 Å². The number of carboxylic acid groups (broad SMARTS) is 1. The van der Waals surface area contributed by atoms with Gasteiger partial charge in [0.25, 0.3) is 5.91 Å². The van der Waals surface area contributed by atoms with E-state index in [1.54, 1.807) is 24.3 Å². The highest BCUT2D eigenvalue weighted by molar-refractivity contribution is 5.96. The van der Waals surface area contributed by atoms with Gasteiger partial charge >= 0.3 is 5.97 Å². The van der Waals surface area contributed by atoms with Crippen molar-refractivity contribution in [1.29, 1.82) is 0 Å². The highest BCUT2D eigenvalue weighted by atomic mass is 16.4. The molecule has 1 amide bonds. The Labute approximate surface area is 112 Å². The summed E-state index contributed by atoms with van der Waals surface area (Å²) in [6, 6.07) is 7.81. The monoisotopic (exact) mass is 262 g/mol. The second kappa shape index (κ2) is 6.33. The standard InChI is InChI=1S/C14H18N2O3/c17-13(11-6-2-1-3-7-11)15-12(14(18)19)10-16-8-4-5-9-16/h1-3,6-7,12H,4-5,8-10H2,(H,15,17)(H,18,19)/t12-/m0/s1. The zero-order valence-electron chi connectivity index (χ0n) is 10.7. The van der Waals surface area contributed by atoms with Crippen molar-refractivity contribution in [2.75, 3.05) is 19.6 Å². The lowest BCUT2D eigenvalue weighted by molar-refractivity contribution is -0.139. The molecule has 1 aromatic rings. The van der Waals surface area contributed by atoms with Crippen molar-refractivity contribution in [3.63, 3.8) is 0 Å². The maximum atomic E-state index is 11.9. The van der Waals surface area contributed by atoms with Gasteiger partial charge in [-0.05, 0) is 38.1 Å². The molecule has 19 heavy (non-hydrogen) atoms. The number of likely N-dealkylation sites (tertiary alicyclic amines) is 1. The molecule has 1 fully saturated rings. The highest BCUT2D eigenvalue weighted by Gasteiger charge is 2.24. The van der Waals surface area contributed by atoms with E-state index in [0.29, 0.717) is 12.1 Å². The first-order valence-electron chi connectivity index (χ1n) is 6.48. The van der Waals surface area contributed by atoms with Crippen molar-refractivity contribution in [2.24, 2.45) is 0 Å². The SMILES string of the molecule is O=C(N[C@@H](CN1CCCC1)C(=O)O)c1ccccc1. The second-order valence-electron chi connectivity index (χ2n) is 4.74. The van der Waals surface area contributed by atoms with E-state index in [1.807, 2.05) is 6.07 Å². The molecule has 1 atom stereocenters. The lowest BCUT2D eigenvalue weighted by atomic mass is 10.2. The van der Waals surface area contributed by atoms with Crippen LogP contribution in [0.5, 0.6) is 0 Å². The molecule has 0 saturated carbocycles. The Kier molecular flexibility index (Phi) is 4.52. The van der Waals surface area contributed by atoms with Gasteiger partial charge in [-0.15, -0.1) is 0 Å². The minimum absolute atomic E-state index is 0.341. The van der Waals surface area contributed by atoms with Gasteiger partial charge in [0.1, 0.15) is 6.04 Å². The Balaban J connectivity index is 1.96. The van der Waals surface area contributed by atoms with Gasteiger partial charge in [0.2, 0.25) is 0 Å². The quantitative estimate of drug-likeness (QED) is 0.829. The molecule has 0 bridgehead atoms. The van der Waals surface area contributed by atoms with Crippen LogP contribution in [-0.4, -0.2) is 47.6 Å². The Morgan fingerprint density at radius 2 is 1.84 bits per heavy atom. The Hall–Kier alpha value is -1.88. The molecule has 1 saturated heterocycles. The Morgan fingerprint density at radius 1 is 1.21 bits per heavy atom. The van der Waals surface area contributed by atoms with Crippen LogP contribution in [0.15, 0.2) is 30.3 Å². The van der Waals surface area contributed by atoms with Crippen LogP contribution in [0.3, 0.4) is 0 Å². The van der Waals surface area contributed by atoms with Crippen molar-refractivity contribution in [3.8, 4) is 0 Å². The maximum Gasteiger partial charge on any atom is 0.327 e. The molecule has 1 heterocycles. The first-order chi connectivity index (χ1) is 9.16. The molecule has 0 unspecified atom stereocenters. The summed E-state index contributed by atoms with van der Waals surface area (Å²) in [5, 5.41) is 11.8. The van der Waals surface area contributed by atoms with Gasteiger partial charge in [0.15, 0.2) is 0 Å². The topological polar surface area (TPSA) is 69.6 Å². The molecule has 0 spiro atoms. The van der Waals surface area contributed by atoms with Crippen LogP contribution >= 0.6 is 0 Å². The molecular formula is C14H18N2O3. The third kappa shape index (κ3) is 3.79. The van der Waals surface area contributed by atoms with E-state index in [1.165, 1.54) is 0 Å². The lowest BCUT2D eigenvalue weighted by Crippen LogP contribution is -2.47. The smallest absolute Gasteiger partial charge is 0.327 e. The average Bonchev–Trinajstić information content (AvgIpc) is 2.91. The number of carboxylic acids is 1. The third-order valence-electron chi connectivity index (χ3n) is 3.28. The fraction of sp³-hybridized carbons (Fsp3) is 0.429. The molecule has 5 heteroatoms. The molecule has 1 aliphatic heterocycles. The molecule has 0 radical (unpaired) electrons. The minimum atomic E-state index is -0.990. The van der Waals surface area contributed by atoms with Gasteiger partial charge in [0, 0.05) is 12.1 Å². The van der Waals surface area contributed by atoms with Crippen LogP contribution in [0.1, 0.15) is 23.2 Å². The Morgan fingerprint density at radius 3 is 2.42 bits per heavy atom. The van der Waals surface area contributed by atoms with Crippen LogP contribution in [-0.2, 0) is 4.79 Å². The summed E-state index contributed by atoms with van der Waals surface area (Å²) >= 11 is 0. The number of carbonyl (C=O) groups excluding carboxylic acids is 1. The molecule has 0 aliphatic carbocycles. The summed E-state index contributed by atoms with van der Waals surface area (Å²) in [4.78, 5) is 25.2. The van der Waals surface area contributed by atoms with Crippen molar-refractivity contribution in [1.82, 2.24) is 10.2 Å². The van der Waals surface area contributed by atoms with Crippen LogP contribution in [0.2, 0.25) is 0 Å². The molecular weight excluding hydrogens is 244 g/mol. The summed E-state index contributed by atoms with van der Waals surface area (Å²) in [5.74, 6) is -1.33. The fourth-order valence-corrected chi connectivity index (χ4v) is 2.24. The van der Waals surface area contributed by atoms with Gasteiger partial charge in [-0.2, -0.15) is 0 Å².